The summed E-state index contributed by atoms with van der Waals surface area (Å²) in [5.41, 5.74) is 1.50. The number of carbonyl (C=O) groups is 1. The maximum atomic E-state index is 12.3. The van der Waals surface area contributed by atoms with Gasteiger partial charge in [0.25, 0.3) is 5.56 Å². The lowest BCUT2D eigenvalue weighted by molar-refractivity contribution is -0.121. The Kier molecular flexibility index (Phi) is 7.78. The minimum Gasteiger partial charge on any atom is -0.489 e. The molecule has 0 aliphatic rings. The van der Waals surface area contributed by atoms with Gasteiger partial charge < -0.3 is 15.0 Å². The average molecular weight is 441 g/mol. The van der Waals surface area contributed by atoms with Crippen molar-refractivity contribution in [3.8, 4) is 17.1 Å². The first-order valence-corrected chi connectivity index (χ1v) is 10.5. The monoisotopic (exact) mass is 440 g/mol. The number of H-pyrrole nitrogens is 1. The number of amides is 1. The molecule has 3 rings (SSSR count). The van der Waals surface area contributed by atoms with Gasteiger partial charge in [-0.05, 0) is 36.2 Å². The molecule has 1 amide bonds. The molecule has 3 aromatic rings. The molecule has 0 spiro atoms. The number of hydrogen-bond acceptors (Lipinski definition) is 5. The number of aromatic amines is 1. The largest absolute Gasteiger partial charge is 0.489 e. The fourth-order valence-electron chi connectivity index (χ4n) is 2.78. The maximum absolute atomic E-state index is 12.3. The third kappa shape index (κ3) is 6.65. The molecule has 0 atom stereocenters. The summed E-state index contributed by atoms with van der Waals surface area (Å²) in [7, 11) is 0. The summed E-state index contributed by atoms with van der Waals surface area (Å²) in [5, 5.41) is 11.6. The first kappa shape index (κ1) is 22.5. The van der Waals surface area contributed by atoms with Gasteiger partial charge in [-0.2, -0.15) is 0 Å². The Balaban J connectivity index is 1.59. The van der Waals surface area contributed by atoms with Crippen molar-refractivity contribution >= 4 is 17.5 Å². The van der Waals surface area contributed by atoms with E-state index in [1.54, 1.807) is 24.3 Å². The minimum atomic E-state index is -0.347. The number of rotatable bonds is 9. The lowest BCUT2D eigenvalue weighted by atomic mass is 10.2. The van der Waals surface area contributed by atoms with Crippen molar-refractivity contribution in [2.45, 2.75) is 33.3 Å². The summed E-state index contributed by atoms with van der Waals surface area (Å²) < 4.78 is 5.77. The Hall–Kier alpha value is -3.19. The lowest BCUT2D eigenvalue weighted by Crippen LogP contribution is -2.28. The second-order valence-corrected chi connectivity index (χ2v) is 7.96. The zero-order chi connectivity index (χ0) is 22.2. The summed E-state index contributed by atoms with van der Waals surface area (Å²) >= 11 is 6.14. The predicted molar refractivity (Wildman–Crippen MR) is 120 cm³/mol. The highest BCUT2D eigenvalue weighted by atomic mass is 35.5. The Morgan fingerprint density at radius 2 is 1.87 bits per heavy atom. The van der Waals surface area contributed by atoms with Gasteiger partial charge in [-0.15, -0.1) is 10.2 Å². The van der Waals surface area contributed by atoms with Crippen LogP contribution in [0.15, 0.2) is 53.3 Å². The van der Waals surface area contributed by atoms with Crippen LogP contribution < -0.4 is 15.6 Å². The van der Waals surface area contributed by atoms with Crippen molar-refractivity contribution in [1.29, 1.82) is 0 Å². The molecule has 0 radical (unpaired) electrons. The first-order chi connectivity index (χ1) is 14.9. The molecule has 2 aromatic carbocycles. The van der Waals surface area contributed by atoms with Crippen LogP contribution in [0.4, 0.5) is 0 Å². The fourth-order valence-corrected chi connectivity index (χ4v) is 2.97. The van der Waals surface area contributed by atoms with Gasteiger partial charge >= 0.3 is 0 Å². The molecule has 0 saturated carbocycles. The molecular weight excluding hydrogens is 416 g/mol. The average Bonchev–Trinajstić information content (AvgIpc) is 2.76. The van der Waals surface area contributed by atoms with Gasteiger partial charge in [-0.1, -0.05) is 43.6 Å². The van der Waals surface area contributed by atoms with Crippen molar-refractivity contribution in [3.05, 3.63) is 75.2 Å². The van der Waals surface area contributed by atoms with E-state index in [1.165, 1.54) is 0 Å². The Bertz CT molecular complexity index is 1080. The molecule has 1 heterocycles. The summed E-state index contributed by atoms with van der Waals surface area (Å²) in [4.78, 5) is 26.9. The van der Waals surface area contributed by atoms with Crippen LogP contribution in [0, 0.1) is 5.92 Å². The van der Waals surface area contributed by atoms with E-state index in [4.69, 9.17) is 16.3 Å². The van der Waals surface area contributed by atoms with Crippen LogP contribution in [0.3, 0.4) is 0 Å². The smallest absolute Gasteiger partial charge is 0.273 e. The fraction of sp³-hybridized carbons (Fsp3) is 0.304. The third-order valence-electron chi connectivity index (χ3n) is 4.54. The summed E-state index contributed by atoms with van der Waals surface area (Å²) in [6, 6.07) is 14.7. The van der Waals surface area contributed by atoms with Gasteiger partial charge in [-0.25, -0.2) is 0 Å². The van der Waals surface area contributed by atoms with Crippen LogP contribution in [-0.4, -0.2) is 27.6 Å². The molecule has 162 valence electrons. The third-order valence-corrected chi connectivity index (χ3v) is 4.91. The number of ether oxygens (including phenoxy) is 1. The van der Waals surface area contributed by atoms with Gasteiger partial charge in [0.2, 0.25) is 5.91 Å². The highest BCUT2D eigenvalue weighted by Crippen LogP contribution is 2.21. The van der Waals surface area contributed by atoms with E-state index in [2.05, 4.69) is 20.5 Å². The number of aromatic nitrogens is 3. The molecule has 7 nitrogen and oxygen atoms in total. The number of aryl methyl sites for hydroxylation is 1. The van der Waals surface area contributed by atoms with Crippen molar-refractivity contribution in [1.82, 2.24) is 20.5 Å². The molecule has 31 heavy (non-hydrogen) atoms. The van der Waals surface area contributed by atoms with Gasteiger partial charge in [0.1, 0.15) is 18.1 Å². The molecule has 0 saturated heterocycles. The number of halogens is 1. The van der Waals surface area contributed by atoms with Crippen LogP contribution in [-0.2, 0) is 17.8 Å². The van der Waals surface area contributed by atoms with Crippen LogP contribution in [0.1, 0.15) is 31.5 Å². The van der Waals surface area contributed by atoms with Gasteiger partial charge in [0.15, 0.2) is 5.82 Å². The van der Waals surface area contributed by atoms with Gasteiger partial charge in [-0.3, -0.25) is 9.59 Å². The highest BCUT2D eigenvalue weighted by Gasteiger charge is 2.10. The summed E-state index contributed by atoms with van der Waals surface area (Å²) in [6.07, 6.45) is 0.433. The molecule has 2 N–H and O–H groups in total. The Labute approximate surface area is 185 Å². The number of hydrogen-bond donors (Lipinski definition) is 2. The van der Waals surface area contributed by atoms with E-state index < -0.39 is 0 Å². The maximum Gasteiger partial charge on any atom is 0.273 e. The molecule has 0 bridgehead atoms. The zero-order valence-electron chi connectivity index (χ0n) is 17.5. The van der Waals surface area contributed by atoms with Gasteiger partial charge in [0, 0.05) is 35.5 Å². The number of nitrogens with one attached hydrogen (secondary N) is 2. The number of carbonyl (C=O) groups excluding carboxylic acids is 1. The van der Waals surface area contributed by atoms with Crippen LogP contribution in [0.25, 0.3) is 11.4 Å². The van der Waals surface area contributed by atoms with Crippen LogP contribution in [0.5, 0.6) is 5.75 Å². The van der Waals surface area contributed by atoms with E-state index in [1.807, 2.05) is 38.1 Å². The van der Waals surface area contributed by atoms with E-state index in [0.717, 1.165) is 5.56 Å². The molecule has 8 heteroatoms. The van der Waals surface area contributed by atoms with Crippen LogP contribution >= 0.6 is 11.6 Å². The predicted octanol–water partition coefficient (Wildman–Crippen LogP) is 3.77. The molecule has 0 fully saturated rings. The molecule has 0 aliphatic heterocycles. The lowest BCUT2D eigenvalue weighted by Gasteiger charge is -2.09. The van der Waals surface area contributed by atoms with Crippen LogP contribution in [0.2, 0.25) is 5.02 Å². The Morgan fingerprint density at radius 1 is 1.13 bits per heavy atom. The van der Waals surface area contributed by atoms with Crippen molar-refractivity contribution in [3.63, 3.8) is 0 Å². The minimum absolute atomic E-state index is 0.105. The van der Waals surface area contributed by atoms with Crippen molar-refractivity contribution < 1.29 is 9.53 Å². The number of benzene rings is 2. The summed E-state index contributed by atoms with van der Waals surface area (Å²) in [5.74, 6) is 1.30. The topological polar surface area (TPSA) is 97.0 Å². The molecule has 0 aliphatic carbocycles. The van der Waals surface area contributed by atoms with E-state index in [9.17, 15) is 9.59 Å². The second-order valence-electron chi connectivity index (χ2n) is 7.55. The Morgan fingerprint density at radius 3 is 2.55 bits per heavy atom. The highest BCUT2D eigenvalue weighted by molar-refractivity contribution is 6.31. The molecule has 1 aromatic heterocycles. The first-order valence-electron chi connectivity index (χ1n) is 10.1. The SMILES string of the molecule is CC(C)CNC(=O)CCc1nnc(-c2ccc(OCc3ccccc3Cl)cc2)[nH]c1=O. The number of nitrogens with zero attached hydrogens (tertiary/aromatic N) is 2. The van der Waals surface area contributed by atoms with Crippen molar-refractivity contribution in [2.24, 2.45) is 5.92 Å². The van der Waals surface area contributed by atoms with Gasteiger partial charge in [0.05, 0.1) is 0 Å². The van der Waals surface area contributed by atoms with E-state index >= 15 is 0 Å². The zero-order valence-corrected chi connectivity index (χ0v) is 18.3. The molecular formula is C23H25ClN4O3. The second kappa shape index (κ2) is 10.7. The quantitative estimate of drug-likeness (QED) is 0.528. The van der Waals surface area contributed by atoms with Crippen molar-refractivity contribution in [2.75, 3.05) is 6.54 Å². The molecule has 0 unspecified atom stereocenters. The van der Waals surface area contributed by atoms with E-state index in [-0.39, 0.29) is 30.0 Å². The van der Waals surface area contributed by atoms with E-state index in [0.29, 0.717) is 41.2 Å². The standard InChI is InChI=1S/C23H25ClN4O3/c1-15(2)13-25-21(29)12-11-20-23(30)26-22(28-27-20)16-7-9-18(10-8-16)31-14-17-5-3-4-6-19(17)24/h3-10,15H,11-14H2,1-2H3,(H,25,29)(H,26,28,30). The summed E-state index contributed by atoms with van der Waals surface area (Å²) in [6.45, 7) is 5.01. The normalized spacial score (nSPS) is 10.8.